The molecule has 2 N–H and O–H groups in total. The van der Waals surface area contributed by atoms with Crippen LogP contribution in [0.2, 0.25) is 0 Å². The summed E-state index contributed by atoms with van der Waals surface area (Å²) < 4.78 is 2.10. The van der Waals surface area contributed by atoms with Crippen LogP contribution >= 0.6 is 45.2 Å². The number of phenolic OH excluding ortho intramolecular Hbond substituents is 1. The highest BCUT2D eigenvalue weighted by molar-refractivity contribution is 14.1. The van der Waals surface area contributed by atoms with Gasteiger partial charge in [0.1, 0.15) is 5.75 Å². The average molecular weight is 514 g/mol. The van der Waals surface area contributed by atoms with Gasteiger partial charge in [0, 0.05) is 22.2 Å². The van der Waals surface area contributed by atoms with E-state index in [0.29, 0.717) is 11.7 Å². The molecule has 1 atom stereocenters. The van der Waals surface area contributed by atoms with Gasteiger partial charge in [-0.15, -0.1) is 0 Å². The van der Waals surface area contributed by atoms with Gasteiger partial charge in [0.25, 0.3) is 0 Å². The van der Waals surface area contributed by atoms with E-state index in [0.717, 1.165) is 22.2 Å². The quantitative estimate of drug-likeness (QED) is 0.568. The average Bonchev–Trinajstić information content (AvgIpc) is 2.45. The first-order valence-corrected chi connectivity index (χ1v) is 9.82. The zero-order valence-corrected chi connectivity index (χ0v) is 16.9. The van der Waals surface area contributed by atoms with E-state index in [1.165, 1.54) is 42.5 Å². The van der Waals surface area contributed by atoms with E-state index in [1.54, 1.807) is 0 Å². The van der Waals surface area contributed by atoms with Gasteiger partial charge in [-0.05, 0) is 95.7 Å². The molecule has 0 amide bonds. The van der Waals surface area contributed by atoms with E-state index in [9.17, 15) is 5.11 Å². The summed E-state index contributed by atoms with van der Waals surface area (Å²) in [6.45, 7) is 7.75. The van der Waals surface area contributed by atoms with Gasteiger partial charge in [0.2, 0.25) is 0 Å². The molecule has 1 aliphatic rings. The molecule has 1 aromatic rings. The van der Waals surface area contributed by atoms with Crippen LogP contribution in [0.3, 0.4) is 0 Å². The number of phenols is 1. The van der Waals surface area contributed by atoms with Crippen LogP contribution in [-0.2, 0) is 6.54 Å². The van der Waals surface area contributed by atoms with Gasteiger partial charge < -0.3 is 15.3 Å². The summed E-state index contributed by atoms with van der Waals surface area (Å²) in [6.07, 6.45) is 4.11. The molecule has 2 rings (SSSR count). The number of rotatable bonds is 6. The summed E-state index contributed by atoms with van der Waals surface area (Å²) in [6, 6.07) is 4.05. The van der Waals surface area contributed by atoms with E-state index in [2.05, 4.69) is 68.4 Å². The first-order chi connectivity index (χ1) is 10.1. The number of hydrogen-bond acceptors (Lipinski definition) is 3. The van der Waals surface area contributed by atoms with Crippen molar-refractivity contribution in [2.45, 2.75) is 32.7 Å². The Bertz CT molecular complexity index is 462. The third-order valence-electron chi connectivity index (χ3n) is 3.93. The van der Waals surface area contributed by atoms with Crippen LogP contribution < -0.4 is 5.32 Å². The summed E-state index contributed by atoms with van der Waals surface area (Å²) >= 11 is 4.49. The van der Waals surface area contributed by atoms with Gasteiger partial charge in [-0.3, -0.25) is 0 Å². The van der Waals surface area contributed by atoms with Crippen molar-refractivity contribution in [3.05, 3.63) is 24.8 Å². The Hall–Kier alpha value is 0.400. The molecule has 118 valence electrons. The lowest BCUT2D eigenvalue weighted by atomic mass is 10.1. The lowest BCUT2D eigenvalue weighted by Crippen LogP contribution is -2.36. The molecule has 0 spiro atoms. The Balaban J connectivity index is 1.76. The van der Waals surface area contributed by atoms with Gasteiger partial charge in [0.15, 0.2) is 0 Å². The van der Waals surface area contributed by atoms with Crippen molar-refractivity contribution in [1.82, 2.24) is 10.2 Å². The van der Waals surface area contributed by atoms with E-state index in [-0.39, 0.29) is 0 Å². The number of piperidine rings is 1. The largest absolute Gasteiger partial charge is 0.507 e. The van der Waals surface area contributed by atoms with Gasteiger partial charge in [-0.25, -0.2) is 0 Å². The Labute approximate surface area is 155 Å². The minimum absolute atomic E-state index is 0.423. The Morgan fingerprint density at radius 2 is 1.95 bits per heavy atom. The van der Waals surface area contributed by atoms with E-state index < -0.39 is 0 Å². The predicted molar refractivity (Wildman–Crippen MR) is 105 cm³/mol. The third-order valence-corrected chi connectivity index (χ3v) is 5.38. The number of nitrogens with zero attached hydrogens (tertiary/aromatic N) is 1. The van der Waals surface area contributed by atoms with Crippen molar-refractivity contribution >= 4 is 45.2 Å². The summed E-state index contributed by atoms with van der Waals surface area (Å²) in [7, 11) is 0. The monoisotopic (exact) mass is 514 g/mol. The molecule has 5 heteroatoms. The van der Waals surface area contributed by atoms with Crippen molar-refractivity contribution in [2.24, 2.45) is 5.92 Å². The molecular formula is C16H24I2N2O. The Kier molecular flexibility index (Phi) is 7.51. The normalized spacial score (nSPS) is 17.9. The highest BCUT2D eigenvalue weighted by Gasteiger charge is 2.13. The Morgan fingerprint density at radius 1 is 1.24 bits per heavy atom. The summed E-state index contributed by atoms with van der Waals surface area (Å²) in [5.74, 6) is 1.07. The third kappa shape index (κ3) is 5.84. The molecule has 1 saturated heterocycles. The SMILES string of the molecule is CC(CNCc1cc(I)cc(I)c1O)CN1CCCCC1. The lowest BCUT2D eigenvalue weighted by Gasteiger charge is -2.29. The number of benzene rings is 1. The van der Waals surface area contributed by atoms with Gasteiger partial charge in [0.05, 0.1) is 3.57 Å². The minimum atomic E-state index is 0.423. The van der Waals surface area contributed by atoms with Crippen LogP contribution in [0.1, 0.15) is 31.7 Å². The first-order valence-electron chi connectivity index (χ1n) is 7.66. The standard InChI is InChI=1S/C16H24I2N2O/c1-12(11-20-5-3-2-4-6-20)9-19-10-13-7-14(17)8-15(18)16(13)21/h7-8,12,19,21H,2-6,9-11H2,1H3. The van der Waals surface area contributed by atoms with Crippen molar-refractivity contribution < 1.29 is 5.11 Å². The topological polar surface area (TPSA) is 35.5 Å². The molecule has 0 aromatic heterocycles. The summed E-state index contributed by atoms with van der Waals surface area (Å²) in [5, 5.41) is 13.6. The predicted octanol–water partition coefficient (Wildman–Crippen LogP) is 3.81. The molecule has 0 saturated carbocycles. The van der Waals surface area contributed by atoms with E-state index >= 15 is 0 Å². The maximum Gasteiger partial charge on any atom is 0.133 e. The van der Waals surface area contributed by atoms with Crippen LogP contribution in [0, 0.1) is 13.1 Å². The maximum absolute atomic E-state index is 10.1. The van der Waals surface area contributed by atoms with Crippen molar-refractivity contribution in [3.63, 3.8) is 0 Å². The number of likely N-dealkylation sites (tertiary alicyclic amines) is 1. The molecule has 0 bridgehead atoms. The molecular weight excluding hydrogens is 490 g/mol. The summed E-state index contributed by atoms with van der Waals surface area (Å²) in [4.78, 5) is 2.59. The molecule has 21 heavy (non-hydrogen) atoms. The highest BCUT2D eigenvalue weighted by Crippen LogP contribution is 2.26. The molecule has 0 aliphatic carbocycles. The molecule has 0 radical (unpaired) electrons. The second-order valence-corrected chi connectivity index (χ2v) is 8.40. The van der Waals surface area contributed by atoms with Crippen LogP contribution in [0.15, 0.2) is 12.1 Å². The van der Waals surface area contributed by atoms with Gasteiger partial charge >= 0.3 is 0 Å². The van der Waals surface area contributed by atoms with Crippen LogP contribution in [0.25, 0.3) is 0 Å². The zero-order chi connectivity index (χ0) is 15.2. The smallest absolute Gasteiger partial charge is 0.133 e. The van der Waals surface area contributed by atoms with Crippen LogP contribution in [-0.4, -0.2) is 36.2 Å². The van der Waals surface area contributed by atoms with Gasteiger partial charge in [-0.1, -0.05) is 13.3 Å². The van der Waals surface area contributed by atoms with Crippen LogP contribution in [0.4, 0.5) is 0 Å². The maximum atomic E-state index is 10.1. The number of aromatic hydroxyl groups is 1. The first kappa shape index (κ1) is 17.7. The van der Waals surface area contributed by atoms with Crippen molar-refractivity contribution in [1.29, 1.82) is 0 Å². The van der Waals surface area contributed by atoms with Gasteiger partial charge in [-0.2, -0.15) is 0 Å². The molecule has 1 heterocycles. The molecule has 1 aromatic carbocycles. The Morgan fingerprint density at radius 3 is 2.67 bits per heavy atom. The fourth-order valence-corrected chi connectivity index (χ4v) is 4.82. The number of halogens is 2. The number of hydrogen-bond donors (Lipinski definition) is 2. The molecule has 1 aliphatic heterocycles. The fourth-order valence-electron chi connectivity index (χ4n) is 2.85. The molecule has 1 unspecified atom stereocenters. The zero-order valence-electron chi connectivity index (χ0n) is 12.5. The van der Waals surface area contributed by atoms with Crippen LogP contribution in [0.5, 0.6) is 5.75 Å². The molecule has 3 nitrogen and oxygen atoms in total. The second kappa shape index (κ2) is 8.88. The second-order valence-electron chi connectivity index (χ2n) is 5.99. The summed E-state index contributed by atoms with van der Waals surface area (Å²) in [5.41, 5.74) is 0.997. The fraction of sp³-hybridized carbons (Fsp3) is 0.625. The van der Waals surface area contributed by atoms with Crippen molar-refractivity contribution in [3.8, 4) is 5.75 Å². The number of nitrogens with one attached hydrogen (secondary N) is 1. The molecule has 1 fully saturated rings. The highest BCUT2D eigenvalue weighted by atomic mass is 127. The minimum Gasteiger partial charge on any atom is -0.507 e. The van der Waals surface area contributed by atoms with E-state index in [1.807, 2.05) is 6.07 Å². The lowest BCUT2D eigenvalue weighted by molar-refractivity contribution is 0.199. The van der Waals surface area contributed by atoms with E-state index in [4.69, 9.17) is 0 Å². The van der Waals surface area contributed by atoms with Crippen molar-refractivity contribution in [2.75, 3.05) is 26.2 Å².